The predicted octanol–water partition coefficient (Wildman–Crippen LogP) is 2.95. The summed E-state index contributed by atoms with van der Waals surface area (Å²) in [7, 11) is 0. The number of hydrogen-bond donors (Lipinski definition) is 1. The Hall–Kier alpha value is -2.30. The van der Waals surface area contributed by atoms with Gasteiger partial charge < -0.3 is 15.2 Å². The lowest BCUT2D eigenvalue weighted by Crippen LogP contribution is -2.08. The lowest BCUT2D eigenvalue weighted by atomic mass is 10.3. The third kappa shape index (κ3) is 3.84. The maximum atomic E-state index is 5.62. The Bertz CT molecular complexity index is 553. The second-order valence-electron chi connectivity index (χ2n) is 4.47. The topological polar surface area (TPSA) is 70.3 Å². The Morgan fingerprint density at radius 2 is 1.79 bits per heavy atom. The largest absolute Gasteiger partial charge is 0.475 e. The minimum Gasteiger partial charge on any atom is -0.475 e. The highest BCUT2D eigenvalue weighted by Crippen LogP contribution is 2.22. The van der Waals surface area contributed by atoms with E-state index in [0.717, 1.165) is 5.69 Å². The van der Waals surface area contributed by atoms with E-state index in [9.17, 15) is 0 Å². The normalized spacial score (nSPS) is 10.5. The fourth-order valence-corrected chi connectivity index (χ4v) is 1.50. The second-order valence-corrected chi connectivity index (χ2v) is 4.47. The molecule has 5 heteroatoms. The van der Waals surface area contributed by atoms with Crippen LogP contribution in [-0.2, 0) is 0 Å². The second kappa shape index (κ2) is 5.56. The molecular weight excluding hydrogens is 242 g/mol. The third-order valence-corrected chi connectivity index (χ3v) is 2.26. The molecule has 2 rings (SSSR count). The summed E-state index contributed by atoms with van der Waals surface area (Å²) in [5.41, 5.74) is 7.09. The van der Waals surface area contributed by atoms with Crippen molar-refractivity contribution >= 4 is 5.69 Å². The van der Waals surface area contributed by atoms with E-state index in [0.29, 0.717) is 17.3 Å². The summed E-state index contributed by atoms with van der Waals surface area (Å²) in [5, 5.41) is 0. The van der Waals surface area contributed by atoms with E-state index in [1.54, 1.807) is 30.3 Å². The highest BCUT2D eigenvalue weighted by Gasteiger charge is 2.07. The molecule has 0 amide bonds. The zero-order valence-electron chi connectivity index (χ0n) is 11.3. The molecule has 19 heavy (non-hydrogen) atoms. The molecule has 0 saturated carbocycles. The van der Waals surface area contributed by atoms with Crippen molar-refractivity contribution in [2.75, 3.05) is 5.73 Å². The molecule has 0 aliphatic carbocycles. The molecule has 1 heterocycles. The lowest BCUT2D eigenvalue weighted by Gasteiger charge is -2.10. The Morgan fingerprint density at radius 1 is 1.11 bits per heavy atom. The third-order valence-electron chi connectivity index (χ3n) is 2.26. The number of aromatic nitrogens is 2. The van der Waals surface area contributed by atoms with Gasteiger partial charge in [-0.3, -0.25) is 0 Å². The Morgan fingerprint density at radius 3 is 2.42 bits per heavy atom. The smallest absolute Gasteiger partial charge is 0.325 e. The number of hydrogen-bond acceptors (Lipinski definition) is 5. The average Bonchev–Trinajstić information content (AvgIpc) is 2.30. The molecular formula is C14H17N3O2. The first-order valence-corrected chi connectivity index (χ1v) is 6.08. The summed E-state index contributed by atoms with van der Waals surface area (Å²) in [5.74, 6) is 1.14. The summed E-state index contributed by atoms with van der Waals surface area (Å²) < 4.78 is 11.1. The van der Waals surface area contributed by atoms with E-state index < -0.39 is 0 Å². The number of nitrogens with two attached hydrogens (primary N) is 1. The van der Waals surface area contributed by atoms with Crippen LogP contribution in [-0.4, -0.2) is 16.1 Å². The summed E-state index contributed by atoms with van der Waals surface area (Å²) in [6.07, 6.45) is 0.0543. The predicted molar refractivity (Wildman–Crippen MR) is 73.5 cm³/mol. The van der Waals surface area contributed by atoms with Gasteiger partial charge in [0.25, 0.3) is 0 Å². The van der Waals surface area contributed by atoms with Crippen LogP contribution in [0.1, 0.15) is 19.5 Å². The molecule has 100 valence electrons. The molecule has 2 N–H and O–H groups in total. The van der Waals surface area contributed by atoms with E-state index in [4.69, 9.17) is 15.2 Å². The van der Waals surface area contributed by atoms with Crippen molar-refractivity contribution in [3.8, 4) is 17.6 Å². The molecule has 5 nitrogen and oxygen atoms in total. The quantitative estimate of drug-likeness (QED) is 0.855. The number of anilines is 1. The first-order chi connectivity index (χ1) is 9.02. The van der Waals surface area contributed by atoms with Crippen molar-refractivity contribution in [1.82, 2.24) is 9.97 Å². The van der Waals surface area contributed by atoms with Crippen molar-refractivity contribution in [2.45, 2.75) is 26.9 Å². The number of benzene rings is 1. The Kier molecular flexibility index (Phi) is 3.85. The molecule has 0 spiro atoms. The molecule has 0 saturated heterocycles. The van der Waals surface area contributed by atoms with Gasteiger partial charge in [-0.15, -0.1) is 0 Å². The molecule has 0 atom stereocenters. The summed E-state index contributed by atoms with van der Waals surface area (Å²) >= 11 is 0. The maximum absolute atomic E-state index is 5.62. The molecule has 1 aromatic carbocycles. The summed E-state index contributed by atoms with van der Waals surface area (Å²) in [4.78, 5) is 8.42. The van der Waals surface area contributed by atoms with Crippen LogP contribution in [0, 0.1) is 6.92 Å². The van der Waals surface area contributed by atoms with Gasteiger partial charge in [-0.25, -0.2) is 0 Å². The van der Waals surface area contributed by atoms with Crippen LogP contribution >= 0.6 is 0 Å². The van der Waals surface area contributed by atoms with Crippen molar-refractivity contribution < 1.29 is 9.47 Å². The molecule has 2 aromatic rings. The molecule has 0 aliphatic rings. The fourth-order valence-electron chi connectivity index (χ4n) is 1.50. The van der Waals surface area contributed by atoms with Gasteiger partial charge in [0, 0.05) is 17.4 Å². The number of nitrogens with zero attached hydrogens (tertiary/aromatic N) is 2. The van der Waals surface area contributed by atoms with Crippen LogP contribution in [0.4, 0.5) is 5.69 Å². The fraction of sp³-hybridized carbons (Fsp3) is 0.286. The first kappa shape index (κ1) is 13.1. The van der Waals surface area contributed by atoms with Crippen molar-refractivity contribution in [3.63, 3.8) is 0 Å². The monoisotopic (exact) mass is 259 g/mol. The number of ether oxygens (including phenoxy) is 2. The molecule has 0 aliphatic heterocycles. The van der Waals surface area contributed by atoms with Gasteiger partial charge in [0.2, 0.25) is 5.88 Å². The Balaban J connectivity index is 2.19. The minimum absolute atomic E-state index is 0.0543. The van der Waals surface area contributed by atoms with Crippen LogP contribution in [0.2, 0.25) is 0 Å². The van der Waals surface area contributed by atoms with Gasteiger partial charge in [-0.05, 0) is 45.0 Å². The number of aryl methyl sites for hydroxylation is 1. The van der Waals surface area contributed by atoms with Gasteiger partial charge >= 0.3 is 6.01 Å². The van der Waals surface area contributed by atoms with Gasteiger partial charge in [0.05, 0.1) is 6.10 Å². The van der Waals surface area contributed by atoms with Crippen LogP contribution < -0.4 is 15.2 Å². The average molecular weight is 259 g/mol. The lowest BCUT2D eigenvalue weighted by molar-refractivity contribution is 0.229. The Labute approximate surface area is 112 Å². The highest BCUT2D eigenvalue weighted by molar-refractivity contribution is 5.42. The van der Waals surface area contributed by atoms with Gasteiger partial charge in [0.1, 0.15) is 5.75 Å². The molecule has 0 bridgehead atoms. The summed E-state index contributed by atoms with van der Waals surface area (Å²) in [6, 6.07) is 9.09. The number of nitrogen functional groups attached to an aromatic ring is 1. The van der Waals surface area contributed by atoms with E-state index >= 15 is 0 Å². The van der Waals surface area contributed by atoms with Crippen LogP contribution in [0.25, 0.3) is 0 Å². The van der Waals surface area contributed by atoms with Crippen molar-refractivity contribution in [2.24, 2.45) is 0 Å². The van der Waals surface area contributed by atoms with E-state index in [-0.39, 0.29) is 12.1 Å². The van der Waals surface area contributed by atoms with Crippen molar-refractivity contribution in [3.05, 3.63) is 36.0 Å². The van der Waals surface area contributed by atoms with E-state index in [1.807, 2.05) is 20.8 Å². The van der Waals surface area contributed by atoms with E-state index in [2.05, 4.69) is 9.97 Å². The zero-order valence-corrected chi connectivity index (χ0v) is 11.3. The minimum atomic E-state index is 0.0543. The van der Waals surface area contributed by atoms with Gasteiger partial charge in [-0.2, -0.15) is 9.97 Å². The first-order valence-electron chi connectivity index (χ1n) is 6.08. The highest BCUT2D eigenvalue weighted by atomic mass is 16.5. The standard InChI is InChI=1S/C14H17N3O2/c1-9(2)18-13-8-10(3)16-14(17-13)19-12-6-4-11(15)5-7-12/h4-9H,15H2,1-3H3. The van der Waals surface area contributed by atoms with Crippen LogP contribution in [0.15, 0.2) is 30.3 Å². The molecule has 0 fully saturated rings. The van der Waals surface area contributed by atoms with Crippen molar-refractivity contribution in [1.29, 1.82) is 0 Å². The number of rotatable bonds is 4. The SMILES string of the molecule is Cc1cc(OC(C)C)nc(Oc2ccc(N)cc2)n1. The van der Waals surface area contributed by atoms with Gasteiger partial charge in [0.15, 0.2) is 0 Å². The molecule has 1 aromatic heterocycles. The van der Waals surface area contributed by atoms with Gasteiger partial charge in [-0.1, -0.05) is 0 Å². The summed E-state index contributed by atoms with van der Waals surface area (Å²) in [6.45, 7) is 5.75. The maximum Gasteiger partial charge on any atom is 0.325 e. The van der Waals surface area contributed by atoms with E-state index in [1.165, 1.54) is 0 Å². The van der Waals surface area contributed by atoms with Crippen LogP contribution in [0.3, 0.4) is 0 Å². The molecule has 0 unspecified atom stereocenters. The van der Waals surface area contributed by atoms with Crippen LogP contribution in [0.5, 0.6) is 17.6 Å². The molecule has 0 radical (unpaired) electrons. The zero-order chi connectivity index (χ0) is 13.8.